The highest BCUT2D eigenvalue weighted by atomic mass is 79.9. The Morgan fingerprint density at radius 3 is 2.63 bits per heavy atom. The zero-order valence-electron chi connectivity index (χ0n) is 11.5. The summed E-state index contributed by atoms with van der Waals surface area (Å²) in [6, 6.07) is 3.94. The van der Waals surface area contributed by atoms with Gasteiger partial charge in [0, 0.05) is 22.3 Å². The summed E-state index contributed by atoms with van der Waals surface area (Å²) in [5, 5.41) is 3.08. The van der Waals surface area contributed by atoms with Crippen molar-refractivity contribution in [3.63, 3.8) is 0 Å². The molecule has 0 radical (unpaired) electrons. The molecule has 0 fully saturated rings. The lowest BCUT2D eigenvalue weighted by Gasteiger charge is -2.15. The van der Waals surface area contributed by atoms with Gasteiger partial charge in [0.1, 0.15) is 12.4 Å². The van der Waals surface area contributed by atoms with Gasteiger partial charge in [0.2, 0.25) is 0 Å². The van der Waals surface area contributed by atoms with Gasteiger partial charge in [0.05, 0.1) is 5.75 Å². The summed E-state index contributed by atoms with van der Waals surface area (Å²) in [6.45, 7) is 4.46. The Kier molecular flexibility index (Phi) is 6.29. The first-order chi connectivity index (χ1) is 8.89. The second kappa shape index (κ2) is 7.26. The van der Waals surface area contributed by atoms with Crippen LogP contribution in [0.4, 0.5) is 0 Å². The molecular weight excluding hydrogens is 330 g/mol. The van der Waals surface area contributed by atoms with Crippen LogP contribution in [0.5, 0.6) is 5.75 Å². The van der Waals surface area contributed by atoms with Gasteiger partial charge < -0.3 is 10.1 Å². The van der Waals surface area contributed by atoms with Crippen LogP contribution in [0.25, 0.3) is 0 Å². The van der Waals surface area contributed by atoms with Gasteiger partial charge in [-0.3, -0.25) is 0 Å². The molecule has 0 amide bonds. The molecule has 0 saturated heterocycles. The molecule has 0 atom stereocenters. The van der Waals surface area contributed by atoms with Crippen molar-refractivity contribution >= 4 is 25.8 Å². The Morgan fingerprint density at radius 1 is 1.37 bits per heavy atom. The summed E-state index contributed by atoms with van der Waals surface area (Å²) in [4.78, 5) is 0. The van der Waals surface area contributed by atoms with Gasteiger partial charge in [-0.25, -0.2) is 8.42 Å². The molecule has 0 spiro atoms. The number of rotatable bonds is 7. The minimum Gasteiger partial charge on any atom is -0.492 e. The van der Waals surface area contributed by atoms with Crippen molar-refractivity contribution in [2.24, 2.45) is 0 Å². The van der Waals surface area contributed by atoms with Crippen LogP contribution in [0.2, 0.25) is 0 Å². The third-order valence-corrected chi connectivity index (χ3v) is 4.89. The molecule has 1 aromatic carbocycles. The molecule has 1 rings (SSSR count). The Bertz CT molecular complexity index is 529. The van der Waals surface area contributed by atoms with Crippen LogP contribution in [0.3, 0.4) is 0 Å². The standard InChI is InChI=1S/C13H20BrNO3S/c1-4-19(16,17)6-5-18-13-10(2)7-12(14)8-11(13)9-15-3/h7-8,15H,4-6,9H2,1-3H3. The van der Waals surface area contributed by atoms with Crippen LogP contribution >= 0.6 is 15.9 Å². The highest BCUT2D eigenvalue weighted by molar-refractivity contribution is 9.10. The smallest absolute Gasteiger partial charge is 0.153 e. The molecule has 0 aliphatic carbocycles. The molecule has 4 nitrogen and oxygen atoms in total. The molecule has 0 aliphatic heterocycles. The molecule has 0 saturated carbocycles. The van der Waals surface area contributed by atoms with Crippen molar-refractivity contribution in [1.29, 1.82) is 0 Å². The van der Waals surface area contributed by atoms with Crippen LogP contribution in [0.1, 0.15) is 18.1 Å². The average molecular weight is 350 g/mol. The number of ether oxygens (including phenoxy) is 1. The fraction of sp³-hybridized carbons (Fsp3) is 0.538. The van der Waals surface area contributed by atoms with E-state index in [1.807, 2.05) is 26.1 Å². The molecule has 108 valence electrons. The van der Waals surface area contributed by atoms with Crippen LogP contribution in [-0.4, -0.2) is 33.6 Å². The maximum absolute atomic E-state index is 11.4. The van der Waals surface area contributed by atoms with Gasteiger partial charge in [-0.05, 0) is 31.7 Å². The Morgan fingerprint density at radius 2 is 2.05 bits per heavy atom. The molecular formula is C13H20BrNO3S. The number of benzene rings is 1. The molecule has 0 unspecified atom stereocenters. The van der Waals surface area contributed by atoms with Crippen molar-refractivity contribution in [3.8, 4) is 5.75 Å². The van der Waals surface area contributed by atoms with Crippen LogP contribution in [0.15, 0.2) is 16.6 Å². The topological polar surface area (TPSA) is 55.4 Å². The average Bonchev–Trinajstić information content (AvgIpc) is 2.33. The van der Waals surface area contributed by atoms with E-state index >= 15 is 0 Å². The van der Waals surface area contributed by atoms with Crippen molar-refractivity contribution in [1.82, 2.24) is 5.32 Å². The first-order valence-electron chi connectivity index (χ1n) is 6.16. The molecule has 1 aromatic rings. The highest BCUT2D eigenvalue weighted by Gasteiger charge is 2.11. The van der Waals surface area contributed by atoms with E-state index in [1.165, 1.54) is 0 Å². The number of hydrogen-bond acceptors (Lipinski definition) is 4. The van der Waals surface area contributed by atoms with E-state index in [-0.39, 0.29) is 18.1 Å². The predicted molar refractivity (Wildman–Crippen MR) is 81.5 cm³/mol. The predicted octanol–water partition coefficient (Wildman–Crippen LogP) is 2.29. The summed E-state index contributed by atoms with van der Waals surface area (Å²) in [6.07, 6.45) is 0. The molecule has 1 N–H and O–H groups in total. The number of hydrogen-bond donors (Lipinski definition) is 1. The van der Waals surface area contributed by atoms with Gasteiger partial charge in [-0.15, -0.1) is 0 Å². The van der Waals surface area contributed by atoms with Crippen molar-refractivity contribution in [2.45, 2.75) is 20.4 Å². The second-order valence-electron chi connectivity index (χ2n) is 4.33. The third kappa shape index (κ3) is 5.12. The maximum Gasteiger partial charge on any atom is 0.153 e. The summed E-state index contributed by atoms with van der Waals surface area (Å²) in [5.41, 5.74) is 2.01. The SMILES string of the molecule is CCS(=O)(=O)CCOc1c(C)cc(Br)cc1CNC. The Balaban J connectivity index is 2.82. The summed E-state index contributed by atoms with van der Waals surface area (Å²) in [7, 11) is -1.12. The maximum atomic E-state index is 11.4. The van der Waals surface area contributed by atoms with E-state index in [1.54, 1.807) is 6.92 Å². The summed E-state index contributed by atoms with van der Waals surface area (Å²) in [5.74, 6) is 0.973. The number of aryl methyl sites for hydroxylation is 1. The Labute approximate surface area is 123 Å². The van der Waals surface area contributed by atoms with Crippen LogP contribution in [0, 0.1) is 6.92 Å². The molecule has 0 bridgehead atoms. The minimum absolute atomic E-state index is 0.0536. The zero-order chi connectivity index (χ0) is 14.5. The molecule has 0 aliphatic rings. The number of sulfone groups is 1. The molecule has 19 heavy (non-hydrogen) atoms. The van der Waals surface area contributed by atoms with E-state index in [9.17, 15) is 8.42 Å². The number of nitrogens with one attached hydrogen (secondary N) is 1. The minimum atomic E-state index is -2.99. The van der Waals surface area contributed by atoms with E-state index in [2.05, 4.69) is 21.2 Å². The fourth-order valence-electron chi connectivity index (χ4n) is 1.74. The summed E-state index contributed by atoms with van der Waals surface area (Å²) < 4.78 is 29.5. The first kappa shape index (κ1) is 16.5. The Hall–Kier alpha value is -0.590. The molecule has 0 heterocycles. The fourth-order valence-corrected chi connectivity index (χ4v) is 2.99. The molecule has 0 aromatic heterocycles. The van der Waals surface area contributed by atoms with E-state index in [4.69, 9.17) is 4.74 Å². The third-order valence-electron chi connectivity index (χ3n) is 2.76. The lowest BCUT2D eigenvalue weighted by atomic mass is 10.1. The largest absolute Gasteiger partial charge is 0.492 e. The van der Waals surface area contributed by atoms with Gasteiger partial charge in [-0.2, -0.15) is 0 Å². The summed E-state index contributed by atoms with van der Waals surface area (Å²) >= 11 is 3.45. The van der Waals surface area contributed by atoms with Gasteiger partial charge in [0.15, 0.2) is 9.84 Å². The lowest BCUT2D eigenvalue weighted by molar-refractivity contribution is 0.334. The van der Waals surface area contributed by atoms with E-state index in [0.29, 0.717) is 6.54 Å². The highest BCUT2D eigenvalue weighted by Crippen LogP contribution is 2.28. The molecule has 6 heteroatoms. The van der Waals surface area contributed by atoms with Crippen LogP contribution in [-0.2, 0) is 16.4 Å². The van der Waals surface area contributed by atoms with Crippen molar-refractivity contribution < 1.29 is 13.2 Å². The van der Waals surface area contributed by atoms with Gasteiger partial charge in [0.25, 0.3) is 0 Å². The first-order valence-corrected chi connectivity index (χ1v) is 8.78. The lowest BCUT2D eigenvalue weighted by Crippen LogP contribution is -2.17. The monoisotopic (exact) mass is 349 g/mol. The van der Waals surface area contributed by atoms with E-state index < -0.39 is 9.84 Å². The normalized spacial score (nSPS) is 11.6. The van der Waals surface area contributed by atoms with Gasteiger partial charge in [-0.1, -0.05) is 22.9 Å². The second-order valence-corrected chi connectivity index (χ2v) is 7.71. The van der Waals surface area contributed by atoms with Gasteiger partial charge >= 0.3 is 0 Å². The quantitative estimate of drug-likeness (QED) is 0.820. The van der Waals surface area contributed by atoms with Crippen LogP contribution < -0.4 is 10.1 Å². The number of halogens is 1. The zero-order valence-corrected chi connectivity index (χ0v) is 13.9. The van der Waals surface area contributed by atoms with Crippen molar-refractivity contribution in [2.75, 3.05) is 25.2 Å². The van der Waals surface area contributed by atoms with Crippen molar-refractivity contribution in [3.05, 3.63) is 27.7 Å². The van der Waals surface area contributed by atoms with E-state index in [0.717, 1.165) is 21.3 Å².